The number of rotatable bonds is 7. The van der Waals surface area contributed by atoms with Crippen LogP contribution in [0.1, 0.15) is 43.0 Å². The summed E-state index contributed by atoms with van der Waals surface area (Å²) in [4.78, 5) is 27.3. The van der Waals surface area contributed by atoms with E-state index in [0.29, 0.717) is 6.54 Å². The Labute approximate surface area is 162 Å². The van der Waals surface area contributed by atoms with Crippen molar-refractivity contribution in [3.05, 3.63) is 70.8 Å². The quantitative estimate of drug-likeness (QED) is 0.810. The maximum absolute atomic E-state index is 13.1. The molecule has 2 aromatic rings. The molecule has 0 unspecified atom stereocenters. The number of hydrogen-bond donors (Lipinski definition) is 1. The van der Waals surface area contributed by atoms with E-state index >= 15 is 0 Å². The third kappa shape index (κ3) is 5.95. The molecule has 0 saturated carbocycles. The zero-order valence-corrected chi connectivity index (χ0v) is 17.0. The van der Waals surface area contributed by atoms with Gasteiger partial charge in [0, 0.05) is 12.6 Å². The lowest BCUT2D eigenvalue weighted by atomic mass is 10.0. The van der Waals surface area contributed by atoms with E-state index < -0.39 is 6.04 Å². The number of benzene rings is 2. The van der Waals surface area contributed by atoms with Crippen LogP contribution in [-0.4, -0.2) is 28.8 Å². The van der Waals surface area contributed by atoms with E-state index in [4.69, 9.17) is 0 Å². The minimum Gasteiger partial charge on any atom is -0.352 e. The molecule has 0 aliphatic heterocycles. The highest BCUT2D eigenvalue weighted by Crippen LogP contribution is 2.15. The van der Waals surface area contributed by atoms with Gasteiger partial charge in [0.15, 0.2) is 0 Å². The number of aryl methyl sites for hydroxylation is 2. The topological polar surface area (TPSA) is 49.4 Å². The molecule has 2 rings (SSSR count). The van der Waals surface area contributed by atoms with E-state index in [1.165, 1.54) is 11.1 Å². The number of carbonyl (C=O) groups excluding carboxylic acids is 2. The average Bonchev–Trinajstić information content (AvgIpc) is 2.62. The maximum atomic E-state index is 13.1. The standard InChI is InChI=1S/C23H30N2O2/c1-16(2)24-23(27)19(5)25(15-20-9-7-6-8-10-20)22(26)14-21-12-11-17(3)18(4)13-21/h6-13,16,19H,14-15H2,1-5H3,(H,24,27)/t19-/m1/s1. The SMILES string of the molecule is Cc1ccc(CC(=O)N(Cc2ccccc2)[C@H](C)C(=O)NC(C)C)cc1C. The van der Waals surface area contributed by atoms with Gasteiger partial charge in [-0.05, 0) is 56.9 Å². The summed E-state index contributed by atoms with van der Waals surface area (Å²) in [6, 6.07) is 15.4. The molecule has 0 aliphatic rings. The normalized spacial score (nSPS) is 11.9. The monoisotopic (exact) mass is 366 g/mol. The summed E-state index contributed by atoms with van der Waals surface area (Å²) in [5.74, 6) is -0.178. The van der Waals surface area contributed by atoms with Crippen LogP contribution < -0.4 is 5.32 Å². The van der Waals surface area contributed by atoms with Crippen LogP contribution in [0.3, 0.4) is 0 Å². The fraction of sp³-hybridized carbons (Fsp3) is 0.391. The van der Waals surface area contributed by atoms with Gasteiger partial charge in [-0.2, -0.15) is 0 Å². The van der Waals surface area contributed by atoms with E-state index in [-0.39, 0.29) is 24.3 Å². The van der Waals surface area contributed by atoms with Crippen molar-refractivity contribution in [2.24, 2.45) is 0 Å². The number of carbonyl (C=O) groups is 2. The number of nitrogens with zero attached hydrogens (tertiary/aromatic N) is 1. The molecule has 2 amide bonds. The van der Waals surface area contributed by atoms with Crippen LogP contribution in [0.25, 0.3) is 0 Å². The lowest BCUT2D eigenvalue weighted by Gasteiger charge is -2.29. The lowest BCUT2D eigenvalue weighted by molar-refractivity contribution is -0.140. The van der Waals surface area contributed by atoms with Crippen LogP contribution in [0.2, 0.25) is 0 Å². The molecule has 4 heteroatoms. The van der Waals surface area contributed by atoms with E-state index in [0.717, 1.165) is 11.1 Å². The molecular formula is C23H30N2O2. The summed E-state index contributed by atoms with van der Waals surface area (Å²) in [6.07, 6.45) is 0.285. The summed E-state index contributed by atoms with van der Waals surface area (Å²) in [7, 11) is 0. The van der Waals surface area contributed by atoms with Crippen molar-refractivity contribution in [1.29, 1.82) is 0 Å². The van der Waals surface area contributed by atoms with Gasteiger partial charge in [0.25, 0.3) is 0 Å². The molecule has 0 radical (unpaired) electrons. The first kappa shape index (κ1) is 20.7. The van der Waals surface area contributed by atoms with Crippen LogP contribution >= 0.6 is 0 Å². The Morgan fingerprint density at radius 1 is 0.926 bits per heavy atom. The van der Waals surface area contributed by atoms with Crippen molar-refractivity contribution in [2.75, 3.05) is 0 Å². The third-order valence-corrected chi connectivity index (χ3v) is 4.72. The van der Waals surface area contributed by atoms with Crippen LogP contribution in [0.5, 0.6) is 0 Å². The second-order valence-electron chi connectivity index (χ2n) is 7.44. The fourth-order valence-corrected chi connectivity index (χ4v) is 2.96. The third-order valence-electron chi connectivity index (χ3n) is 4.72. The van der Waals surface area contributed by atoms with Gasteiger partial charge < -0.3 is 10.2 Å². The van der Waals surface area contributed by atoms with E-state index in [2.05, 4.69) is 12.2 Å². The van der Waals surface area contributed by atoms with Gasteiger partial charge in [-0.15, -0.1) is 0 Å². The summed E-state index contributed by atoms with van der Waals surface area (Å²) in [5.41, 5.74) is 4.35. The molecule has 0 aliphatic carbocycles. The second-order valence-corrected chi connectivity index (χ2v) is 7.44. The van der Waals surface area contributed by atoms with Crippen LogP contribution in [-0.2, 0) is 22.6 Å². The molecule has 0 bridgehead atoms. The zero-order valence-electron chi connectivity index (χ0n) is 17.0. The van der Waals surface area contributed by atoms with Crippen molar-refractivity contribution in [2.45, 2.75) is 59.7 Å². The van der Waals surface area contributed by atoms with Crippen molar-refractivity contribution >= 4 is 11.8 Å². The van der Waals surface area contributed by atoms with Gasteiger partial charge >= 0.3 is 0 Å². The van der Waals surface area contributed by atoms with Gasteiger partial charge in [0.05, 0.1) is 6.42 Å². The first-order valence-corrected chi connectivity index (χ1v) is 9.48. The smallest absolute Gasteiger partial charge is 0.242 e. The van der Waals surface area contributed by atoms with Crippen LogP contribution in [0.4, 0.5) is 0 Å². The Kier molecular flexibility index (Phi) is 7.17. The molecule has 27 heavy (non-hydrogen) atoms. The Bertz CT molecular complexity index is 784. The molecule has 0 spiro atoms. The molecule has 144 valence electrons. The summed E-state index contributed by atoms with van der Waals surface area (Å²) in [5, 5.41) is 2.91. The summed E-state index contributed by atoms with van der Waals surface area (Å²) >= 11 is 0. The van der Waals surface area contributed by atoms with Crippen molar-refractivity contribution in [3.63, 3.8) is 0 Å². The Hall–Kier alpha value is -2.62. The maximum Gasteiger partial charge on any atom is 0.242 e. The molecular weight excluding hydrogens is 336 g/mol. The summed E-state index contributed by atoms with van der Waals surface area (Å²) in [6.45, 7) is 10.1. The number of hydrogen-bond acceptors (Lipinski definition) is 2. The molecule has 0 saturated heterocycles. The molecule has 0 heterocycles. The number of amides is 2. The minimum atomic E-state index is -0.536. The largest absolute Gasteiger partial charge is 0.352 e. The molecule has 4 nitrogen and oxygen atoms in total. The minimum absolute atomic E-state index is 0.0355. The zero-order chi connectivity index (χ0) is 20.0. The first-order valence-electron chi connectivity index (χ1n) is 9.48. The van der Waals surface area contributed by atoms with Crippen LogP contribution in [0.15, 0.2) is 48.5 Å². The highest BCUT2D eigenvalue weighted by Gasteiger charge is 2.26. The van der Waals surface area contributed by atoms with E-state index in [1.807, 2.05) is 69.3 Å². The van der Waals surface area contributed by atoms with Gasteiger partial charge in [-0.25, -0.2) is 0 Å². The number of nitrogens with one attached hydrogen (secondary N) is 1. The van der Waals surface area contributed by atoms with E-state index in [1.54, 1.807) is 11.8 Å². The van der Waals surface area contributed by atoms with Crippen molar-refractivity contribution in [3.8, 4) is 0 Å². The highest BCUT2D eigenvalue weighted by atomic mass is 16.2. The van der Waals surface area contributed by atoms with E-state index in [9.17, 15) is 9.59 Å². The molecule has 2 aromatic carbocycles. The predicted octanol–water partition coefficient (Wildman–Crippen LogP) is 3.79. The molecule has 1 atom stereocenters. The second kappa shape index (κ2) is 9.36. The fourth-order valence-electron chi connectivity index (χ4n) is 2.96. The summed E-state index contributed by atoms with van der Waals surface area (Å²) < 4.78 is 0. The molecule has 1 N–H and O–H groups in total. The van der Waals surface area contributed by atoms with Gasteiger partial charge in [0.1, 0.15) is 6.04 Å². The Morgan fingerprint density at radius 2 is 1.59 bits per heavy atom. The van der Waals surface area contributed by atoms with Crippen molar-refractivity contribution in [1.82, 2.24) is 10.2 Å². The highest BCUT2D eigenvalue weighted by molar-refractivity contribution is 5.88. The Balaban J connectivity index is 2.22. The van der Waals surface area contributed by atoms with Gasteiger partial charge in [-0.3, -0.25) is 9.59 Å². The van der Waals surface area contributed by atoms with Crippen molar-refractivity contribution < 1.29 is 9.59 Å². The van der Waals surface area contributed by atoms with Gasteiger partial charge in [-0.1, -0.05) is 48.5 Å². The molecule has 0 fully saturated rings. The lowest BCUT2D eigenvalue weighted by Crippen LogP contribution is -2.49. The predicted molar refractivity (Wildman–Crippen MR) is 109 cm³/mol. The molecule has 0 aromatic heterocycles. The average molecular weight is 367 g/mol. The first-order chi connectivity index (χ1) is 12.8. The van der Waals surface area contributed by atoms with Gasteiger partial charge in [0.2, 0.25) is 11.8 Å². The van der Waals surface area contributed by atoms with Crippen LogP contribution in [0, 0.1) is 13.8 Å². The Morgan fingerprint density at radius 3 is 2.19 bits per heavy atom.